The van der Waals surface area contributed by atoms with Crippen molar-refractivity contribution in [2.45, 2.75) is 33.2 Å². The molecule has 6 nitrogen and oxygen atoms in total. The molecule has 0 spiro atoms. The Morgan fingerprint density at radius 1 is 1.32 bits per heavy atom. The van der Waals surface area contributed by atoms with Gasteiger partial charge in [0.15, 0.2) is 5.75 Å². The number of benzene rings is 1. The van der Waals surface area contributed by atoms with Crippen LogP contribution >= 0.6 is 0 Å². The van der Waals surface area contributed by atoms with Gasteiger partial charge in [-0.2, -0.15) is 0 Å². The molecule has 1 heterocycles. The molecule has 0 aliphatic rings. The molecule has 0 amide bonds. The number of carbonyl (C=O) groups is 1. The highest BCUT2D eigenvalue weighted by Gasteiger charge is 2.20. The SMILES string of the molecule is CCCCn1c(=O)c(OC(C)=O)c(OC)c2ccc(O)cc21. The number of methoxy groups -OCH3 is 1. The van der Waals surface area contributed by atoms with Gasteiger partial charge < -0.3 is 19.1 Å². The van der Waals surface area contributed by atoms with Gasteiger partial charge in [0, 0.05) is 24.9 Å². The van der Waals surface area contributed by atoms with Crippen LogP contribution in [-0.2, 0) is 11.3 Å². The lowest BCUT2D eigenvalue weighted by Gasteiger charge is -2.16. The quantitative estimate of drug-likeness (QED) is 0.858. The molecule has 6 heteroatoms. The monoisotopic (exact) mass is 305 g/mol. The van der Waals surface area contributed by atoms with E-state index in [1.165, 1.54) is 30.7 Å². The van der Waals surface area contributed by atoms with Crippen molar-refractivity contribution in [3.05, 3.63) is 28.6 Å². The third-order valence-corrected chi connectivity index (χ3v) is 3.35. The van der Waals surface area contributed by atoms with Crippen LogP contribution in [-0.4, -0.2) is 22.8 Å². The van der Waals surface area contributed by atoms with Crippen LogP contribution in [0.4, 0.5) is 0 Å². The molecule has 118 valence electrons. The Morgan fingerprint density at radius 3 is 2.64 bits per heavy atom. The lowest BCUT2D eigenvalue weighted by molar-refractivity contribution is -0.132. The van der Waals surface area contributed by atoms with Crippen LogP contribution in [0.3, 0.4) is 0 Å². The Labute approximate surface area is 127 Å². The van der Waals surface area contributed by atoms with Crippen molar-refractivity contribution in [1.29, 1.82) is 0 Å². The standard InChI is InChI=1S/C16H19NO5/c1-4-5-8-17-13-9-11(19)6-7-12(13)14(21-3)15(16(17)20)22-10(2)18/h6-7,9,19H,4-5,8H2,1-3H3. The smallest absolute Gasteiger partial charge is 0.308 e. The maximum atomic E-state index is 12.6. The number of hydrogen-bond acceptors (Lipinski definition) is 5. The number of aryl methyl sites for hydroxylation is 1. The number of fused-ring (bicyclic) bond motifs is 1. The van der Waals surface area contributed by atoms with Crippen LogP contribution in [0.15, 0.2) is 23.0 Å². The van der Waals surface area contributed by atoms with Gasteiger partial charge in [0.2, 0.25) is 5.75 Å². The van der Waals surface area contributed by atoms with Crippen LogP contribution in [0.1, 0.15) is 26.7 Å². The minimum absolute atomic E-state index is 0.0550. The van der Waals surface area contributed by atoms with Gasteiger partial charge in [-0.15, -0.1) is 0 Å². The Kier molecular flexibility index (Phi) is 4.70. The van der Waals surface area contributed by atoms with E-state index in [2.05, 4.69) is 0 Å². The summed E-state index contributed by atoms with van der Waals surface area (Å²) in [6.07, 6.45) is 1.69. The number of pyridine rings is 1. The summed E-state index contributed by atoms with van der Waals surface area (Å²) in [5.74, 6) is -0.456. The molecule has 0 aliphatic carbocycles. The summed E-state index contributed by atoms with van der Waals surface area (Å²) in [6, 6.07) is 4.64. The number of unbranched alkanes of at least 4 members (excludes halogenated alkanes) is 1. The average Bonchev–Trinajstić information content (AvgIpc) is 2.47. The number of nitrogens with zero attached hydrogens (tertiary/aromatic N) is 1. The number of aromatic nitrogens is 1. The number of ether oxygens (including phenoxy) is 2. The maximum Gasteiger partial charge on any atom is 0.308 e. The van der Waals surface area contributed by atoms with E-state index in [0.29, 0.717) is 17.4 Å². The van der Waals surface area contributed by atoms with Crippen LogP contribution in [0.5, 0.6) is 17.2 Å². The van der Waals surface area contributed by atoms with Crippen molar-refractivity contribution in [2.24, 2.45) is 0 Å². The third kappa shape index (κ3) is 2.90. The highest BCUT2D eigenvalue weighted by molar-refractivity contribution is 5.89. The number of phenolic OH excluding ortho intramolecular Hbond substituents is 1. The Hall–Kier alpha value is -2.50. The Morgan fingerprint density at radius 2 is 2.05 bits per heavy atom. The number of hydrogen-bond donors (Lipinski definition) is 1. The molecular weight excluding hydrogens is 286 g/mol. The van der Waals surface area contributed by atoms with Gasteiger partial charge >= 0.3 is 5.97 Å². The molecule has 0 saturated heterocycles. The summed E-state index contributed by atoms with van der Waals surface area (Å²) in [6.45, 7) is 3.71. The van der Waals surface area contributed by atoms with Crippen LogP contribution in [0, 0.1) is 0 Å². The molecule has 2 aromatic rings. The van der Waals surface area contributed by atoms with Crippen molar-refractivity contribution in [2.75, 3.05) is 7.11 Å². The van der Waals surface area contributed by atoms with Crippen LogP contribution in [0.2, 0.25) is 0 Å². The van der Waals surface area contributed by atoms with E-state index in [4.69, 9.17) is 9.47 Å². The summed E-state index contributed by atoms with van der Waals surface area (Å²) >= 11 is 0. The average molecular weight is 305 g/mol. The first-order chi connectivity index (χ1) is 10.5. The predicted molar refractivity (Wildman–Crippen MR) is 82.6 cm³/mol. The van der Waals surface area contributed by atoms with Crippen molar-refractivity contribution < 1.29 is 19.4 Å². The van der Waals surface area contributed by atoms with Crippen molar-refractivity contribution in [3.63, 3.8) is 0 Å². The minimum atomic E-state index is -0.587. The fourth-order valence-corrected chi connectivity index (χ4v) is 2.36. The van der Waals surface area contributed by atoms with Gasteiger partial charge in [-0.1, -0.05) is 13.3 Å². The zero-order valence-electron chi connectivity index (χ0n) is 12.9. The highest BCUT2D eigenvalue weighted by atomic mass is 16.6. The molecule has 0 saturated carbocycles. The molecule has 0 aliphatic heterocycles. The van der Waals surface area contributed by atoms with E-state index in [-0.39, 0.29) is 17.2 Å². The van der Waals surface area contributed by atoms with E-state index in [0.717, 1.165) is 12.8 Å². The lowest BCUT2D eigenvalue weighted by Crippen LogP contribution is -2.24. The molecular formula is C16H19NO5. The number of aromatic hydroxyl groups is 1. The predicted octanol–water partition coefficient (Wildman–Crippen LogP) is 2.44. The van der Waals surface area contributed by atoms with Crippen LogP contribution < -0.4 is 15.0 Å². The summed E-state index contributed by atoms with van der Waals surface area (Å²) in [7, 11) is 1.41. The summed E-state index contributed by atoms with van der Waals surface area (Å²) < 4.78 is 11.8. The fraction of sp³-hybridized carbons (Fsp3) is 0.375. The number of rotatable bonds is 5. The highest BCUT2D eigenvalue weighted by Crippen LogP contribution is 2.34. The number of esters is 1. The molecule has 0 unspecified atom stereocenters. The molecule has 22 heavy (non-hydrogen) atoms. The number of carbonyl (C=O) groups excluding carboxylic acids is 1. The molecule has 0 fully saturated rings. The second-order valence-electron chi connectivity index (χ2n) is 4.97. The van der Waals surface area contributed by atoms with E-state index in [9.17, 15) is 14.7 Å². The minimum Gasteiger partial charge on any atom is -0.508 e. The molecule has 1 N–H and O–H groups in total. The Balaban J connectivity index is 2.83. The van der Waals surface area contributed by atoms with Crippen molar-refractivity contribution >= 4 is 16.9 Å². The molecule has 1 aromatic heterocycles. The molecule has 0 atom stereocenters. The summed E-state index contributed by atoms with van der Waals surface area (Å²) in [5, 5.41) is 10.3. The first-order valence-electron chi connectivity index (χ1n) is 7.11. The molecule has 0 radical (unpaired) electrons. The van der Waals surface area contributed by atoms with Crippen molar-refractivity contribution in [1.82, 2.24) is 4.57 Å². The van der Waals surface area contributed by atoms with Gasteiger partial charge in [0.25, 0.3) is 5.56 Å². The molecule has 0 bridgehead atoms. The van der Waals surface area contributed by atoms with Crippen LogP contribution in [0.25, 0.3) is 10.9 Å². The zero-order valence-corrected chi connectivity index (χ0v) is 12.9. The molecule has 2 rings (SSSR count). The van der Waals surface area contributed by atoms with E-state index < -0.39 is 11.5 Å². The normalized spacial score (nSPS) is 10.7. The zero-order chi connectivity index (χ0) is 16.3. The third-order valence-electron chi connectivity index (χ3n) is 3.35. The second kappa shape index (κ2) is 6.51. The summed E-state index contributed by atoms with van der Waals surface area (Å²) in [5.41, 5.74) is 0.102. The van der Waals surface area contributed by atoms with Gasteiger partial charge in [0.1, 0.15) is 5.75 Å². The first-order valence-corrected chi connectivity index (χ1v) is 7.11. The van der Waals surface area contributed by atoms with Gasteiger partial charge in [-0.3, -0.25) is 9.59 Å². The topological polar surface area (TPSA) is 77.8 Å². The number of phenols is 1. The first kappa shape index (κ1) is 15.9. The fourth-order valence-electron chi connectivity index (χ4n) is 2.36. The largest absolute Gasteiger partial charge is 0.508 e. The Bertz CT molecular complexity index is 763. The van der Waals surface area contributed by atoms with Crippen molar-refractivity contribution in [3.8, 4) is 17.2 Å². The maximum absolute atomic E-state index is 12.6. The van der Waals surface area contributed by atoms with E-state index in [1.807, 2.05) is 6.92 Å². The summed E-state index contributed by atoms with van der Waals surface area (Å²) in [4.78, 5) is 23.9. The van der Waals surface area contributed by atoms with Gasteiger partial charge in [0.05, 0.1) is 12.6 Å². The van der Waals surface area contributed by atoms with Gasteiger partial charge in [-0.05, 0) is 18.6 Å². The van der Waals surface area contributed by atoms with E-state index >= 15 is 0 Å². The lowest BCUT2D eigenvalue weighted by atomic mass is 10.1. The van der Waals surface area contributed by atoms with Gasteiger partial charge in [-0.25, -0.2) is 0 Å². The van der Waals surface area contributed by atoms with E-state index in [1.54, 1.807) is 6.07 Å². The molecule has 1 aromatic carbocycles. The second-order valence-corrected chi connectivity index (χ2v) is 4.97.